The van der Waals surface area contributed by atoms with Gasteiger partial charge in [0.15, 0.2) is 0 Å². The molecule has 4 nitrogen and oxygen atoms in total. The van der Waals surface area contributed by atoms with Crippen LogP contribution in [-0.2, 0) is 16.6 Å². The first-order valence-corrected chi connectivity index (χ1v) is 9.62. The molecule has 6 heteroatoms. The van der Waals surface area contributed by atoms with Crippen LogP contribution >= 0.6 is 15.9 Å². The first-order chi connectivity index (χ1) is 9.86. The molecule has 0 amide bonds. The molecule has 1 aromatic carbocycles. The Morgan fingerprint density at radius 1 is 1.29 bits per heavy atom. The van der Waals surface area contributed by atoms with Gasteiger partial charge in [0.25, 0.3) is 0 Å². The molecule has 0 unspecified atom stereocenters. The second kappa shape index (κ2) is 6.77. The maximum atomic E-state index is 12.5. The SMILES string of the molecule is CC1(CNS(=O)(=O)c2cc(CN)ccc2Br)CCCCC1. The molecule has 1 aliphatic carbocycles. The van der Waals surface area contributed by atoms with E-state index in [-0.39, 0.29) is 10.3 Å². The normalized spacial score (nSPS) is 18.6. The molecule has 1 aliphatic rings. The Kier molecular flexibility index (Phi) is 5.46. The second-order valence-electron chi connectivity index (χ2n) is 6.16. The van der Waals surface area contributed by atoms with Crippen LogP contribution in [0.1, 0.15) is 44.6 Å². The van der Waals surface area contributed by atoms with Gasteiger partial charge in [0.05, 0.1) is 4.90 Å². The van der Waals surface area contributed by atoms with Crippen molar-refractivity contribution in [2.75, 3.05) is 6.54 Å². The fourth-order valence-corrected chi connectivity index (χ4v) is 5.02. The van der Waals surface area contributed by atoms with Crippen molar-refractivity contribution in [3.63, 3.8) is 0 Å². The summed E-state index contributed by atoms with van der Waals surface area (Å²) in [5.41, 5.74) is 6.47. The van der Waals surface area contributed by atoms with Crippen molar-refractivity contribution in [3.05, 3.63) is 28.2 Å². The predicted octanol–water partition coefficient (Wildman–Crippen LogP) is 3.16. The van der Waals surface area contributed by atoms with Gasteiger partial charge in [0, 0.05) is 17.6 Å². The number of hydrogen-bond donors (Lipinski definition) is 2. The van der Waals surface area contributed by atoms with E-state index in [1.165, 1.54) is 19.3 Å². The van der Waals surface area contributed by atoms with Crippen LogP contribution in [0.2, 0.25) is 0 Å². The molecule has 1 fully saturated rings. The zero-order valence-electron chi connectivity index (χ0n) is 12.4. The van der Waals surface area contributed by atoms with Gasteiger partial charge in [-0.1, -0.05) is 32.3 Å². The molecule has 0 saturated heterocycles. The van der Waals surface area contributed by atoms with Crippen LogP contribution in [-0.4, -0.2) is 15.0 Å². The smallest absolute Gasteiger partial charge is 0.241 e. The number of benzene rings is 1. The van der Waals surface area contributed by atoms with Crippen LogP contribution in [0.25, 0.3) is 0 Å². The lowest BCUT2D eigenvalue weighted by atomic mass is 9.76. The molecule has 0 atom stereocenters. The van der Waals surface area contributed by atoms with Crippen molar-refractivity contribution in [3.8, 4) is 0 Å². The third-order valence-corrected chi connectivity index (χ3v) is 6.67. The van der Waals surface area contributed by atoms with Gasteiger partial charge in [0.1, 0.15) is 0 Å². The Bertz CT molecular complexity index is 596. The summed E-state index contributed by atoms with van der Waals surface area (Å²) in [6.07, 6.45) is 5.79. The lowest BCUT2D eigenvalue weighted by Crippen LogP contribution is -2.37. The van der Waals surface area contributed by atoms with Crippen molar-refractivity contribution in [2.45, 2.75) is 50.5 Å². The molecule has 0 aromatic heterocycles. The van der Waals surface area contributed by atoms with Crippen molar-refractivity contribution < 1.29 is 8.42 Å². The van der Waals surface area contributed by atoms with Crippen molar-refractivity contribution >= 4 is 26.0 Å². The Morgan fingerprint density at radius 3 is 2.57 bits per heavy atom. The molecule has 0 aliphatic heterocycles. The lowest BCUT2D eigenvalue weighted by molar-refractivity contribution is 0.219. The molecule has 21 heavy (non-hydrogen) atoms. The summed E-state index contributed by atoms with van der Waals surface area (Å²) in [6, 6.07) is 5.19. The lowest BCUT2D eigenvalue weighted by Gasteiger charge is -2.33. The minimum Gasteiger partial charge on any atom is -0.326 e. The number of rotatable bonds is 5. The monoisotopic (exact) mass is 374 g/mol. The second-order valence-corrected chi connectivity index (χ2v) is 8.75. The average molecular weight is 375 g/mol. The van der Waals surface area contributed by atoms with Crippen molar-refractivity contribution in [2.24, 2.45) is 11.1 Å². The molecule has 0 radical (unpaired) electrons. The van der Waals surface area contributed by atoms with E-state index in [4.69, 9.17) is 5.73 Å². The van der Waals surface area contributed by atoms with Crippen LogP contribution in [0.15, 0.2) is 27.6 Å². The van der Waals surface area contributed by atoms with Gasteiger partial charge in [-0.2, -0.15) is 0 Å². The fourth-order valence-electron chi connectivity index (χ4n) is 2.81. The molecule has 118 valence electrons. The Balaban J connectivity index is 2.15. The van der Waals surface area contributed by atoms with Gasteiger partial charge < -0.3 is 5.73 Å². The number of sulfonamides is 1. The maximum Gasteiger partial charge on any atom is 0.241 e. The highest BCUT2D eigenvalue weighted by Gasteiger charge is 2.29. The van der Waals surface area contributed by atoms with Crippen LogP contribution < -0.4 is 10.5 Å². The first-order valence-electron chi connectivity index (χ1n) is 7.34. The van der Waals surface area contributed by atoms with Crippen LogP contribution in [0.3, 0.4) is 0 Å². The Hall–Kier alpha value is -0.430. The topological polar surface area (TPSA) is 72.2 Å². The van der Waals surface area contributed by atoms with Crippen molar-refractivity contribution in [1.29, 1.82) is 0 Å². The summed E-state index contributed by atoms with van der Waals surface area (Å²) in [6.45, 7) is 2.99. The third kappa shape index (κ3) is 4.28. The minimum absolute atomic E-state index is 0.0727. The van der Waals surface area contributed by atoms with Gasteiger partial charge in [0.2, 0.25) is 10.0 Å². The van der Waals surface area contributed by atoms with Crippen LogP contribution in [0.4, 0.5) is 0 Å². The summed E-state index contributed by atoms with van der Waals surface area (Å²) < 4.78 is 28.4. The predicted molar refractivity (Wildman–Crippen MR) is 88.4 cm³/mol. The number of nitrogens with one attached hydrogen (secondary N) is 1. The van der Waals surface area contributed by atoms with E-state index in [1.807, 2.05) is 6.07 Å². The van der Waals surface area contributed by atoms with Gasteiger partial charge in [-0.15, -0.1) is 0 Å². The maximum absolute atomic E-state index is 12.5. The summed E-state index contributed by atoms with van der Waals surface area (Å²) in [7, 11) is -3.51. The average Bonchev–Trinajstić information content (AvgIpc) is 2.47. The molecular weight excluding hydrogens is 352 g/mol. The summed E-state index contributed by atoms with van der Waals surface area (Å²) in [5, 5.41) is 0. The highest BCUT2D eigenvalue weighted by atomic mass is 79.9. The van der Waals surface area contributed by atoms with E-state index in [1.54, 1.807) is 12.1 Å². The first kappa shape index (κ1) is 16.9. The molecule has 3 N–H and O–H groups in total. The van der Waals surface area contributed by atoms with Crippen LogP contribution in [0.5, 0.6) is 0 Å². The summed E-state index contributed by atoms with van der Waals surface area (Å²) in [5.74, 6) is 0. The summed E-state index contributed by atoms with van der Waals surface area (Å²) in [4.78, 5) is 0.268. The highest BCUT2D eigenvalue weighted by molar-refractivity contribution is 9.10. The zero-order valence-corrected chi connectivity index (χ0v) is 14.8. The molecule has 0 spiro atoms. The molecule has 2 rings (SSSR count). The Labute approximate surface area is 135 Å². The van der Waals surface area contributed by atoms with Gasteiger partial charge in [-0.3, -0.25) is 0 Å². The van der Waals surface area contributed by atoms with Gasteiger partial charge in [-0.05, 0) is 51.9 Å². The van der Waals surface area contributed by atoms with Gasteiger partial charge >= 0.3 is 0 Å². The Morgan fingerprint density at radius 2 is 1.95 bits per heavy atom. The number of nitrogens with two attached hydrogens (primary N) is 1. The summed E-state index contributed by atoms with van der Waals surface area (Å²) >= 11 is 3.31. The molecule has 1 aromatic rings. The molecular formula is C15H23BrN2O2S. The quantitative estimate of drug-likeness (QED) is 0.831. The van der Waals surface area contributed by atoms with Gasteiger partial charge in [-0.25, -0.2) is 13.1 Å². The highest BCUT2D eigenvalue weighted by Crippen LogP contribution is 2.35. The fraction of sp³-hybridized carbons (Fsp3) is 0.600. The van der Waals surface area contributed by atoms with E-state index in [9.17, 15) is 8.42 Å². The van der Waals surface area contributed by atoms with Crippen molar-refractivity contribution in [1.82, 2.24) is 4.72 Å². The third-order valence-electron chi connectivity index (χ3n) is 4.27. The van der Waals surface area contributed by atoms with E-state index in [0.717, 1.165) is 18.4 Å². The van der Waals surface area contributed by atoms with E-state index in [2.05, 4.69) is 27.6 Å². The largest absolute Gasteiger partial charge is 0.326 e. The molecule has 1 saturated carbocycles. The zero-order chi connectivity index (χ0) is 15.5. The van der Waals surface area contributed by atoms with E-state index < -0.39 is 10.0 Å². The standard InChI is InChI=1S/C15H23BrN2O2S/c1-15(7-3-2-4-8-15)11-18-21(19,20)14-9-12(10-17)5-6-13(14)16/h5-6,9,18H,2-4,7-8,10-11,17H2,1H3. The van der Waals surface area contributed by atoms with Crippen LogP contribution in [0, 0.1) is 5.41 Å². The number of halogens is 1. The minimum atomic E-state index is -3.51. The molecule has 0 bridgehead atoms. The van der Waals surface area contributed by atoms with E-state index >= 15 is 0 Å². The number of hydrogen-bond acceptors (Lipinski definition) is 3. The molecule has 0 heterocycles. The van der Waals surface area contributed by atoms with E-state index in [0.29, 0.717) is 17.6 Å².